The first-order valence-corrected chi connectivity index (χ1v) is 6.52. The molecule has 3 N–H and O–H groups in total. The predicted molar refractivity (Wildman–Crippen MR) is 74.7 cm³/mol. The highest BCUT2D eigenvalue weighted by Crippen LogP contribution is 2.30. The van der Waals surface area contributed by atoms with Crippen molar-refractivity contribution in [3.63, 3.8) is 0 Å². The highest BCUT2D eigenvalue weighted by atomic mass is 35.5. The molecule has 0 radical (unpaired) electrons. The summed E-state index contributed by atoms with van der Waals surface area (Å²) in [6, 6.07) is 3.15. The zero-order valence-corrected chi connectivity index (χ0v) is 11.5. The molecule has 0 saturated carbocycles. The molecule has 0 aromatic heterocycles. The van der Waals surface area contributed by atoms with Gasteiger partial charge in [-0.05, 0) is 25.0 Å². The summed E-state index contributed by atoms with van der Waals surface area (Å²) in [6.45, 7) is 1.39. The van der Waals surface area contributed by atoms with Crippen molar-refractivity contribution in [3.05, 3.63) is 22.7 Å². The lowest BCUT2D eigenvalue weighted by molar-refractivity contribution is 0.0601. The number of nitrogens with two attached hydrogens (primary N) is 1. The lowest BCUT2D eigenvalue weighted by Gasteiger charge is -2.16. The van der Waals surface area contributed by atoms with Gasteiger partial charge in [-0.2, -0.15) is 0 Å². The number of nitrogen functional groups attached to an aromatic ring is 1. The quantitative estimate of drug-likeness (QED) is 0.655. The van der Waals surface area contributed by atoms with Crippen LogP contribution in [0.15, 0.2) is 12.1 Å². The Morgan fingerprint density at radius 3 is 3.05 bits per heavy atom. The Labute approximate surface area is 117 Å². The van der Waals surface area contributed by atoms with Crippen molar-refractivity contribution in [1.82, 2.24) is 0 Å². The third-order valence-corrected chi connectivity index (χ3v) is 3.35. The first-order valence-electron chi connectivity index (χ1n) is 6.14. The number of benzene rings is 1. The van der Waals surface area contributed by atoms with Gasteiger partial charge in [0.1, 0.15) is 0 Å². The van der Waals surface area contributed by atoms with E-state index in [-0.39, 0.29) is 6.10 Å². The van der Waals surface area contributed by atoms with E-state index in [1.54, 1.807) is 12.1 Å². The maximum Gasteiger partial charge on any atom is 0.340 e. The minimum absolute atomic E-state index is 0.152. The normalized spacial score (nSPS) is 18.3. The first kappa shape index (κ1) is 14.0. The van der Waals surface area contributed by atoms with E-state index in [2.05, 4.69) is 5.32 Å². The minimum atomic E-state index is -0.468. The van der Waals surface area contributed by atoms with Crippen LogP contribution >= 0.6 is 11.6 Å². The van der Waals surface area contributed by atoms with Crippen LogP contribution in [0, 0.1) is 0 Å². The van der Waals surface area contributed by atoms with Gasteiger partial charge in [0, 0.05) is 18.8 Å². The highest BCUT2D eigenvalue weighted by molar-refractivity contribution is 6.34. The average Bonchev–Trinajstić information content (AvgIpc) is 2.89. The number of hydrogen-bond acceptors (Lipinski definition) is 5. The van der Waals surface area contributed by atoms with Crippen LogP contribution in [0.3, 0.4) is 0 Å². The Hall–Kier alpha value is -1.46. The Morgan fingerprint density at radius 1 is 1.63 bits per heavy atom. The SMILES string of the molecule is COC(=O)c1cc(N)cc(Cl)c1NCC1CCCO1. The Morgan fingerprint density at radius 2 is 2.42 bits per heavy atom. The number of anilines is 2. The number of ether oxygens (including phenoxy) is 2. The monoisotopic (exact) mass is 284 g/mol. The predicted octanol–water partition coefficient (Wildman–Crippen LogP) is 2.30. The fourth-order valence-corrected chi connectivity index (χ4v) is 2.39. The molecule has 1 fully saturated rings. The van der Waals surface area contributed by atoms with Gasteiger partial charge < -0.3 is 20.5 Å². The second-order valence-corrected chi connectivity index (χ2v) is 4.84. The molecule has 19 heavy (non-hydrogen) atoms. The van der Waals surface area contributed by atoms with Gasteiger partial charge in [-0.3, -0.25) is 0 Å². The average molecular weight is 285 g/mol. The Balaban J connectivity index is 2.19. The first-order chi connectivity index (χ1) is 9.11. The molecule has 1 aliphatic heterocycles. The van der Waals surface area contributed by atoms with Crippen molar-refractivity contribution in [3.8, 4) is 0 Å². The van der Waals surface area contributed by atoms with Gasteiger partial charge in [-0.15, -0.1) is 0 Å². The third kappa shape index (κ3) is 3.30. The van der Waals surface area contributed by atoms with Crippen LogP contribution in [0.4, 0.5) is 11.4 Å². The fraction of sp³-hybridized carbons (Fsp3) is 0.462. The molecule has 1 heterocycles. The van der Waals surface area contributed by atoms with Gasteiger partial charge in [0.2, 0.25) is 0 Å². The van der Waals surface area contributed by atoms with Gasteiger partial charge in [-0.25, -0.2) is 4.79 Å². The molecule has 1 atom stereocenters. The van der Waals surface area contributed by atoms with Crippen LogP contribution in [0.2, 0.25) is 5.02 Å². The van der Waals surface area contributed by atoms with Crippen LogP contribution < -0.4 is 11.1 Å². The molecular weight excluding hydrogens is 268 g/mol. The number of esters is 1. The Kier molecular flexibility index (Phi) is 4.50. The number of carbonyl (C=O) groups is 1. The van der Waals surface area contributed by atoms with E-state index in [1.165, 1.54) is 7.11 Å². The zero-order chi connectivity index (χ0) is 13.8. The van der Waals surface area contributed by atoms with Crippen molar-refractivity contribution in [1.29, 1.82) is 0 Å². The number of hydrogen-bond donors (Lipinski definition) is 2. The topological polar surface area (TPSA) is 73.6 Å². The van der Waals surface area contributed by atoms with Crippen LogP contribution in [0.5, 0.6) is 0 Å². The lowest BCUT2D eigenvalue weighted by Crippen LogP contribution is -2.20. The molecular formula is C13H17ClN2O3. The van der Waals surface area contributed by atoms with E-state index in [4.69, 9.17) is 26.8 Å². The van der Waals surface area contributed by atoms with Crippen molar-refractivity contribution < 1.29 is 14.3 Å². The lowest BCUT2D eigenvalue weighted by atomic mass is 10.1. The second-order valence-electron chi connectivity index (χ2n) is 4.43. The fourth-order valence-electron chi connectivity index (χ4n) is 2.10. The summed E-state index contributed by atoms with van der Waals surface area (Å²) in [6.07, 6.45) is 2.22. The number of halogens is 1. The summed E-state index contributed by atoms with van der Waals surface area (Å²) in [5, 5.41) is 3.55. The maximum atomic E-state index is 11.7. The van der Waals surface area contributed by atoms with E-state index >= 15 is 0 Å². The molecule has 0 amide bonds. The zero-order valence-electron chi connectivity index (χ0n) is 10.7. The van der Waals surface area contributed by atoms with Crippen molar-refractivity contribution in [2.24, 2.45) is 0 Å². The molecule has 1 aromatic carbocycles. The van der Waals surface area contributed by atoms with Crippen LogP contribution in [-0.2, 0) is 9.47 Å². The smallest absolute Gasteiger partial charge is 0.340 e. The standard InChI is InChI=1S/C13H17ClN2O3/c1-18-13(17)10-5-8(15)6-11(14)12(10)16-7-9-3-2-4-19-9/h5-6,9,16H,2-4,7,15H2,1H3. The molecule has 0 bridgehead atoms. The summed E-state index contributed by atoms with van der Waals surface area (Å²) < 4.78 is 10.3. The van der Waals surface area contributed by atoms with Crippen LogP contribution in [0.1, 0.15) is 23.2 Å². The molecule has 0 aliphatic carbocycles. The molecule has 1 aliphatic rings. The van der Waals surface area contributed by atoms with Gasteiger partial charge >= 0.3 is 5.97 Å². The molecule has 1 aromatic rings. The summed E-state index contributed by atoms with van der Waals surface area (Å²) >= 11 is 6.13. The van der Waals surface area contributed by atoms with Crippen LogP contribution in [-0.4, -0.2) is 32.3 Å². The van der Waals surface area contributed by atoms with E-state index in [1.807, 2.05) is 0 Å². The summed E-state index contributed by atoms with van der Waals surface area (Å²) in [7, 11) is 1.32. The number of nitrogens with one attached hydrogen (secondary N) is 1. The van der Waals surface area contributed by atoms with E-state index in [9.17, 15) is 4.79 Å². The summed E-state index contributed by atoms with van der Waals surface area (Å²) in [5.41, 5.74) is 7.00. The van der Waals surface area contributed by atoms with E-state index < -0.39 is 5.97 Å². The summed E-state index contributed by atoms with van der Waals surface area (Å²) in [4.78, 5) is 11.7. The molecule has 5 nitrogen and oxygen atoms in total. The van der Waals surface area contributed by atoms with Crippen molar-refractivity contribution in [2.75, 3.05) is 31.3 Å². The van der Waals surface area contributed by atoms with Gasteiger partial charge in [0.05, 0.1) is 29.5 Å². The minimum Gasteiger partial charge on any atom is -0.465 e. The number of carbonyl (C=O) groups excluding carboxylic acids is 1. The number of rotatable bonds is 4. The van der Waals surface area contributed by atoms with Crippen molar-refractivity contribution in [2.45, 2.75) is 18.9 Å². The molecule has 0 spiro atoms. The van der Waals surface area contributed by atoms with Crippen LogP contribution in [0.25, 0.3) is 0 Å². The van der Waals surface area contributed by atoms with Crippen molar-refractivity contribution >= 4 is 28.9 Å². The Bertz CT molecular complexity index is 473. The second kappa shape index (κ2) is 6.12. The molecule has 2 rings (SSSR count). The van der Waals surface area contributed by atoms with E-state index in [0.29, 0.717) is 28.5 Å². The highest BCUT2D eigenvalue weighted by Gasteiger charge is 2.19. The maximum absolute atomic E-state index is 11.7. The van der Waals surface area contributed by atoms with Gasteiger partial charge in [0.25, 0.3) is 0 Å². The van der Waals surface area contributed by atoms with Gasteiger partial charge in [0.15, 0.2) is 0 Å². The molecule has 1 unspecified atom stereocenters. The summed E-state index contributed by atoms with van der Waals surface area (Å²) in [5.74, 6) is -0.468. The molecule has 1 saturated heterocycles. The molecule has 6 heteroatoms. The van der Waals surface area contributed by atoms with Gasteiger partial charge in [-0.1, -0.05) is 11.6 Å². The molecule has 104 valence electrons. The van der Waals surface area contributed by atoms with E-state index in [0.717, 1.165) is 19.4 Å². The third-order valence-electron chi connectivity index (χ3n) is 3.05. The largest absolute Gasteiger partial charge is 0.465 e. The number of methoxy groups -OCH3 is 1.